The molecule has 11 heteroatoms. The number of likely N-dealkylation sites (tertiary alicyclic amines) is 1. The smallest absolute Gasteiger partial charge is 0.268 e. The van der Waals surface area contributed by atoms with Crippen molar-refractivity contribution in [3.8, 4) is 17.1 Å². The van der Waals surface area contributed by atoms with Crippen molar-refractivity contribution in [3.63, 3.8) is 0 Å². The van der Waals surface area contributed by atoms with Crippen LogP contribution in [-0.4, -0.2) is 56.8 Å². The number of hydrogen-bond acceptors (Lipinski definition) is 6. The third-order valence-corrected chi connectivity index (χ3v) is 9.82. The number of fused-ring (bicyclic) bond motifs is 1. The number of benzene rings is 3. The lowest BCUT2D eigenvalue weighted by Gasteiger charge is -2.20. The van der Waals surface area contributed by atoms with Gasteiger partial charge >= 0.3 is 0 Å². The van der Waals surface area contributed by atoms with Gasteiger partial charge in [-0.25, -0.2) is 16.8 Å². The van der Waals surface area contributed by atoms with Crippen LogP contribution >= 0.6 is 11.8 Å². The number of para-hydroxylation sites is 1. The Kier molecular flexibility index (Phi) is 7.63. The molecule has 0 N–H and O–H groups in total. The second-order valence-electron chi connectivity index (χ2n) is 9.88. The molecular formula is C30H28FN5O3S2. The number of hydrogen-bond donors (Lipinski definition) is 0. The quantitative estimate of drug-likeness (QED) is 0.224. The van der Waals surface area contributed by atoms with Crippen molar-refractivity contribution >= 4 is 38.6 Å². The Morgan fingerprint density at radius 3 is 2.27 bits per heavy atom. The summed E-state index contributed by atoms with van der Waals surface area (Å²) in [6.07, 6.45) is 5.82. The van der Waals surface area contributed by atoms with E-state index in [-0.39, 0.29) is 22.4 Å². The molecule has 1 saturated heterocycles. The first-order valence-corrected chi connectivity index (χ1v) is 15.9. The lowest BCUT2D eigenvalue weighted by molar-refractivity contribution is -0.128. The lowest BCUT2D eigenvalue weighted by atomic mass is 10.1. The normalized spacial score (nSPS) is 14.3. The molecule has 0 bridgehead atoms. The summed E-state index contributed by atoms with van der Waals surface area (Å²) in [4.78, 5) is 15.1. The standard InChI is InChI=1S/C30H28FN5O3S2/c31-22-14-16-23(17-15-22)36-29(32-33-30(36)40-21-28(37)34-18-8-1-2-9-19-34)26-20-35(27-13-7-6-12-25(26)27)41(38,39)24-10-4-3-5-11-24/h3-7,10-17,20H,1-2,8-9,18-19,21H2. The summed E-state index contributed by atoms with van der Waals surface area (Å²) in [6.45, 7) is 1.51. The maximum atomic E-state index is 13.9. The molecule has 1 aliphatic heterocycles. The van der Waals surface area contributed by atoms with E-state index < -0.39 is 10.0 Å². The Balaban J connectivity index is 1.44. The van der Waals surface area contributed by atoms with E-state index in [2.05, 4.69) is 10.2 Å². The van der Waals surface area contributed by atoms with Crippen molar-refractivity contribution < 1.29 is 17.6 Å². The number of halogens is 1. The van der Waals surface area contributed by atoms with Gasteiger partial charge in [-0.2, -0.15) is 0 Å². The van der Waals surface area contributed by atoms with E-state index in [0.717, 1.165) is 38.8 Å². The highest BCUT2D eigenvalue weighted by Gasteiger charge is 2.26. The van der Waals surface area contributed by atoms with Crippen molar-refractivity contribution in [2.45, 2.75) is 35.7 Å². The van der Waals surface area contributed by atoms with Gasteiger partial charge in [0.1, 0.15) is 5.82 Å². The van der Waals surface area contributed by atoms with Crippen LogP contribution in [0.4, 0.5) is 4.39 Å². The van der Waals surface area contributed by atoms with E-state index in [4.69, 9.17) is 0 Å². The van der Waals surface area contributed by atoms with Gasteiger partial charge in [-0.1, -0.05) is 61.0 Å². The Hall–Kier alpha value is -3.96. The fourth-order valence-electron chi connectivity index (χ4n) is 5.13. The Bertz CT molecular complexity index is 1790. The van der Waals surface area contributed by atoms with Gasteiger partial charge < -0.3 is 4.90 Å². The number of carbonyl (C=O) groups excluding carboxylic acids is 1. The summed E-state index contributed by atoms with van der Waals surface area (Å²) in [6, 6.07) is 21.4. The molecule has 41 heavy (non-hydrogen) atoms. The number of rotatable bonds is 7. The summed E-state index contributed by atoms with van der Waals surface area (Å²) in [5.74, 6) is 0.223. The SMILES string of the molecule is O=C(CSc1nnc(-c2cn(S(=O)(=O)c3ccccc3)c3ccccc23)n1-c1ccc(F)cc1)N1CCCCCC1. The molecule has 1 fully saturated rings. The molecule has 0 spiro atoms. The fraction of sp³-hybridized carbons (Fsp3) is 0.233. The van der Waals surface area contributed by atoms with Crippen LogP contribution in [0.5, 0.6) is 0 Å². The number of nitrogens with zero attached hydrogens (tertiary/aromatic N) is 5. The van der Waals surface area contributed by atoms with Gasteiger partial charge in [0, 0.05) is 35.9 Å². The minimum Gasteiger partial charge on any atom is -0.342 e. The van der Waals surface area contributed by atoms with Gasteiger partial charge in [0.2, 0.25) is 5.91 Å². The average molecular weight is 590 g/mol. The summed E-state index contributed by atoms with van der Waals surface area (Å²) in [5.41, 5.74) is 1.63. The van der Waals surface area contributed by atoms with Gasteiger partial charge in [0.25, 0.3) is 10.0 Å². The molecule has 1 aliphatic rings. The zero-order valence-electron chi connectivity index (χ0n) is 22.2. The molecule has 5 aromatic rings. The highest BCUT2D eigenvalue weighted by molar-refractivity contribution is 7.99. The van der Waals surface area contributed by atoms with Gasteiger partial charge in [-0.05, 0) is 55.3 Å². The first kappa shape index (κ1) is 27.2. The molecule has 8 nitrogen and oxygen atoms in total. The maximum absolute atomic E-state index is 13.9. The minimum absolute atomic E-state index is 0.0395. The maximum Gasteiger partial charge on any atom is 0.268 e. The van der Waals surface area contributed by atoms with Gasteiger partial charge in [-0.15, -0.1) is 10.2 Å². The topological polar surface area (TPSA) is 90.1 Å². The van der Waals surface area contributed by atoms with Crippen molar-refractivity contribution in [2.75, 3.05) is 18.8 Å². The third-order valence-electron chi connectivity index (χ3n) is 7.22. The highest BCUT2D eigenvalue weighted by Crippen LogP contribution is 2.35. The zero-order valence-corrected chi connectivity index (χ0v) is 23.8. The molecule has 6 rings (SSSR count). The Morgan fingerprint density at radius 2 is 1.54 bits per heavy atom. The minimum atomic E-state index is -3.91. The first-order chi connectivity index (χ1) is 19.9. The Labute approximate surface area is 241 Å². The molecule has 1 amide bonds. The number of thioether (sulfide) groups is 1. The van der Waals surface area contributed by atoms with Crippen LogP contribution in [0.2, 0.25) is 0 Å². The molecule has 3 heterocycles. The van der Waals surface area contributed by atoms with E-state index in [1.54, 1.807) is 65.4 Å². The average Bonchev–Trinajstić information content (AvgIpc) is 3.48. The zero-order chi connectivity index (χ0) is 28.4. The molecule has 0 radical (unpaired) electrons. The summed E-state index contributed by atoms with van der Waals surface area (Å²) < 4.78 is 44.2. The van der Waals surface area contributed by atoms with Crippen LogP contribution in [0, 0.1) is 5.82 Å². The molecule has 2 aromatic heterocycles. The Morgan fingerprint density at radius 1 is 0.854 bits per heavy atom. The van der Waals surface area contributed by atoms with E-state index in [0.29, 0.717) is 33.1 Å². The van der Waals surface area contributed by atoms with Crippen LogP contribution in [-0.2, 0) is 14.8 Å². The molecule has 0 saturated carbocycles. The number of carbonyl (C=O) groups is 1. The van der Waals surface area contributed by atoms with Crippen LogP contribution in [0.1, 0.15) is 25.7 Å². The van der Waals surface area contributed by atoms with E-state index in [1.165, 1.54) is 27.9 Å². The highest BCUT2D eigenvalue weighted by atomic mass is 32.2. The fourth-order valence-corrected chi connectivity index (χ4v) is 7.38. The van der Waals surface area contributed by atoms with E-state index in [9.17, 15) is 17.6 Å². The van der Waals surface area contributed by atoms with Crippen molar-refractivity contribution in [1.82, 2.24) is 23.6 Å². The number of amides is 1. The van der Waals surface area contributed by atoms with Crippen LogP contribution in [0.3, 0.4) is 0 Å². The van der Waals surface area contributed by atoms with Crippen LogP contribution in [0.15, 0.2) is 95.1 Å². The van der Waals surface area contributed by atoms with Gasteiger partial charge in [-0.3, -0.25) is 9.36 Å². The van der Waals surface area contributed by atoms with Gasteiger partial charge in [0.15, 0.2) is 11.0 Å². The second-order valence-corrected chi connectivity index (χ2v) is 12.6. The monoisotopic (exact) mass is 589 g/mol. The predicted octanol–water partition coefficient (Wildman–Crippen LogP) is 5.76. The molecule has 0 atom stereocenters. The predicted molar refractivity (Wildman–Crippen MR) is 157 cm³/mol. The van der Waals surface area contributed by atoms with E-state index in [1.807, 2.05) is 17.0 Å². The number of aromatic nitrogens is 4. The second kappa shape index (κ2) is 11.5. The first-order valence-electron chi connectivity index (χ1n) is 13.5. The summed E-state index contributed by atoms with van der Waals surface area (Å²) >= 11 is 1.26. The molecule has 3 aromatic carbocycles. The molecule has 210 valence electrons. The molecular weight excluding hydrogens is 561 g/mol. The van der Waals surface area contributed by atoms with Crippen molar-refractivity contribution in [1.29, 1.82) is 0 Å². The van der Waals surface area contributed by atoms with Crippen LogP contribution in [0.25, 0.3) is 28.0 Å². The summed E-state index contributed by atoms with van der Waals surface area (Å²) in [5, 5.41) is 10.0. The van der Waals surface area contributed by atoms with E-state index >= 15 is 0 Å². The lowest BCUT2D eigenvalue weighted by Crippen LogP contribution is -2.33. The molecule has 0 aliphatic carbocycles. The summed E-state index contributed by atoms with van der Waals surface area (Å²) in [7, 11) is -3.91. The molecule has 0 unspecified atom stereocenters. The largest absolute Gasteiger partial charge is 0.342 e. The van der Waals surface area contributed by atoms with Crippen LogP contribution < -0.4 is 0 Å². The van der Waals surface area contributed by atoms with Crippen molar-refractivity contribution in [2.24, 2.45) is 0 Å². The third kappa shape index (κ3) is 5.39. The van der Waals surface area contributed by atoms with Crippen molar-refractivity contribution in [3.05, 3.63) is 90.9 Å². The van der Waals surface area contributed by atoms with Gasteiger partial charge in [0.05, 0.1) is 16.2 Å².